The van der Waals surface area contributed by atoms with Crippen molar-refractivity contribution in [1.29, 1.82) is 0 Å². The highest BCUT2D eigenvalue weighted by atomic mass is 35.5. The minimum absolute atomic E-state index is 0.148. The van der Waals surface area contributed by atoms with Gasteiger partial charge in [0, 0.05) is 18.4 Å². The SMILES string of the molecule is Fc1ccc2c(c1)CC(CC1=CC(Cl)CCC1)O2. The van der Waals surface area contributed by atoms with Crippen molar-refractivity contribution in [1.82, 2.24) is 0 Å². The topological polar surface area (TPSA) is 9.23 Å². The summed E-state index contributed by atoms with van der Waals surface area (Å²) < 4.78 is 19.0. The summed E-state index contributed by atoms with van der Waals surface area (Å²) in [6.45, 7) is 0. The largest absolute Gasteiger partial charge is 0.489 e. The maximum absolute atomic E-state index is 13.1. The van der Waals surface area contributed by atoms with Crippen LogP contribution in [0.1, 0.15) is 31.2 Å². The molecule has 1 heterocycles. The van der Waals surface area contributed by atoms with E-state index in [0.29, 0.717) is 0 Å². The highest BCUT2D eigenvalue weighted by molar-refractivity contribution is 6.21. The van der Waals surface area contributed by atoms with Crippen LogP contribution in [0.15, 0.2) is 29.8 Å². The average Bonchev–Trinajstić information content (AvgIpc) is 2.70. The molecule has 0 saturated heterocycles. The van der Waals surface area contributed by atoms with Crippen molar-refractivity contribution in [2.45, 2.75) is 43.6 Å². The summed E-state index contributed by atoms with van der Waals surface area (Å²) in [4.78, 5) is 0. The van der Waals surface area contributed by atoms with Crippen LogP contribution in [0.4, 0.5) is 4.39 Å². The van der Waals surface area contributed by atoms with E-state index in [0.717, 1.165) is 43.4 Å². The van der Waals surface area contributed by atoms with Crippen LogP contribution < -0.4 is 4.74 Å². The van der Waals surface area contributed by atoms with E-state index < -0.39 is 0 Å². The average molecular weight is 267 g/mol. The molecule has 0 N–H and O–H groups in total. The zero-order valence-electron chi connectivity index (χ0n) is 10.2. The van der Waals surface area contributed by atoms with Gasteiger partial charge in [-0.3, -0.25) is 0 Å². The molecule has 2 unspecified atom stereocenters. The Bertz CT molecular complexity index is 483. The minimum Gasteiger partial charge on any atom is -0.489 e. The van der Waals surface area contributed by atoms with Crippen molar-refractivity contribution < 1.29 is 9.13 Å². The van der Waals surface area contributed by atoms with E-state index in [2.05, 4.69) is 6.08 Å². The standard InChI is InChI=1S/C15H16ClFO/c16-12-3-1-2-10(6-12)7-14-9-11-8-13(17)4-5-15(11)18-14/h4-6,8,12,14H,1-3,7,9H2. The van der Waals surface area contributed by atoms with Gasteiger partial charge in [0.2, 0.25) is 0 Å². The van der Waals surface area contributed by atoms with Gasteiger partial charge in [-0.25, -0.2) is 4.39 Å². The highest BCUT2D eigenvalue weighted by Crippen LogP contribution is 2.33. The van der Waals surface area contributed by atoms with Crippen LogP contribution in [-0.4, -0.2) is 11.5 Å². The zero-order valence-corrected chi connectivity index (χ0v) is 10.9. The van der Waals surface area contributed by atoms with Gasteiger partial charge in [-0.15, -0.1) is 11.6 Å². The number of rotatable bonds is 2. The number of fused-ring (bicyclic) bond motifs is 1. The normalized spacial score (nSPS) is 26.4. The Morgan fingerprint density at radius 1 is 1.39 bits per heavy atom. The Balaban J connectivity index is 1.67. The Kier molecular flexibility index (Phi) is 3.29. The summed E-state index contributed by atoms with van der Waals surface area (Å²) in [6.07, 6.45) is 7.38. The molecule has 0 saturated carbocycles. The lowest BCUT2D eigenvalue weighted by Gasteiger charge is -2.19. The number of hydrogen-bond donors (Lipinski definition) is 0. The summed E-state index contributed by atoms with van der Waals surface area (Å²) in [6, 6.07) is 4.76. The molecule has 1 aromatic carbocycles. The van der Waals surface area contributed by atoms with Crippen molar-refractivity contribution in [3.05, 3.63) is 41.2 Å². The van der Waals surface area contributed by atoms with Crippen LogP contribution in [0.2, 0.25) is 0 Å². The number of alkyl halides is 1. The molecule has 1 aliphatic heterocycles. The van der Waals surface area contributed by atoms with Gasteiger partial charge >= 0.3 is 0 Å². The van der Waals surface area contributed by atoms with E-state index in [-0.39, 0.29) is 17.3 Å². The maximum Gasteiger partial charge on any atom is 0.123 e. The summed E-state index contributed by atoms with van der Waals surface area (Å²) >= 11 is 6.14. The molecular formula is C15H16ClFO. The molecule has 0 bridgehead atoms. The molecule has 2 atom stereocenters. The first-order chi connectivity index (χ1) is 8.70. The monoisotopic (exact) mass is 266 g/mol. The molecule has 96 valence electrons. The van der Waals surface area contributed by atoms with Crippen LogP contribution in [0.5, 0.6) is 5.75 Å². The Morgan fingerprint density at radius 3 is 3.11 bits per heavy atom. The van der Waals surface area contributed by atoms with Crippen LogP contribution >= 0.6 is 11.6 Å². The van der Waals surface area contributed by atoms with Gasteiger partial charge in [-0.05, 0) is 37.5 Å². The van der Waals surface area contributed by atoms with Gasteiger partial charge in [-0.2, -0.15) is 0 Å². The van der Waals surface area contributed by atoms with Crippen molar-refractivity contribution in [3.8, 4) is 5.75 Å². The van der Waals surface area contributed by atoms with E-state index >= 15 is 0 Å². The fourth-order valence-corrected chi connectivity index (χ4v) is 3.14. The lowest BCUT2D eigenvalue weighted by atomic mass is 9.93. The highest BCUT2D eigenvalue weighted by Gasteiger charge is 2.25. The van der Waals surface area contributed by atoms with Gasteiger partial charge < -0.3 is 4.74 Å². The van der Waals surface area contributed by atoms with E-state index in [1.807, 2.05) is 0 Å². The van der Waals surface area contributed by atoms with E-state index in [1.54, 1.807) is 12.1 Å². The second-order valence-electron chi connectivity index (χ2n) is 5.13. The van der Waals surface area contributed by atoms with Crippen LogP contribution in [0.3, 0.4) is 0 Å². The van der Waals surface area contributed by atoms with Gasteiger partial charge in [0.25, 0.3) is 0 Å². The number of halogens is 2. The number of benzene rings is 1. The summed E-state index contributed by atoms with van der Waals surface area (Å²) in [5, 5.41) is 0.176. The Labute approximate surface area is 112 Å². The molecule has 18 heavy (non-hydrogen) atoms. The predicted molar refractivity (Wildman–Crippen MR) is 70.7 cm³/mol. The molecule has 0 spiro atoms. The van der Waals surface area contributed by atoms with Gasteiger partial charge in [-0.1, -0.05) is 11.6 Å². The van der Waals surface area contributed by atoms with Gasteiger partial charge in [0.1, 0.15) is 17.7 Å². The second-order valence-corrected chi connectivity index (χ2v) is 5.69. The summed E-state index contributed by atoms with van der Waals surface area (Å²) in [5.74, 6) is 0.649. The van der Waals surface area contributed by atoms with E-state index in [1.165, 1.54) is 11.6 Å². The number of hydrogen-bond acceptors (Lipinski definition) is 1. The summed E-state index contributed by atoms with van der Waals surface area (Å²) in [7, 11) is 0. The lowest BCUT2D eigenvalue weighted by Crippen LogP contribution is -2.16. The molecule has 1 nitrogen and oxygen atoms in total. The van der Waals surface area contributed by atoms with Crippen LogP contribution in [-0.2, 0) is 6.42 Å². The quantitative estimate of drug-likeness (QED) is 0.575. The third-order valence-electron chi connectivity index (χ3n) is 3.65. The first kappa shape index (κ1) is 12.0. The third-order valence-corrected chi connectivity index (χ3v) is 3.99. The van der Waals surface area contributed by atoms with Gasteiger partial charge in [0.15, 0.2) is 0 Å². The third kappa shape index (κ3) is 2.54. The molecular weight excluding hydrogens is 251 g/mol. The molecule has 0 aromatic heterocycles. The molecule has 0 fully saturated rings. The van der Waals surface area contributed by atoms with E-state index in [4.69, 9.17) is 16.3 Å². The molecule has 1 aliphatic carbocycles. The second kappa shape index (κ2) is 4.93. The molecule has 3 heteroatoms. The first-order valence-corrected chi connectivity index (χ1v) is 6.93. The van der Waals surface area contributed by atoms with Crippen molar-refractivity contribution in [2.75, 3.05) is 0 Å². The van der Waals surface area contributed by atoms with E-state index in [9.17, 15) is 4.39 Å². The molecule has 2 aliphatic rings. The molecule has 1 aromatic rings. The number of allylic oxidation sites excluding steroid dienone is 1. The maximum atomic E-state index is 13.1. The Morgan fingerprint density at radius 2 is 2.28 bits per heavy atom. The molecule has 3 rings (SSSR count). The Hall–Kier alpha value is -1.02. The zero-order chi connectivity index (χ0) is 12.5. The minimum atomic E-state index is -0.185. The summed E-state index contributed by atoms with van der Waals surface area (Å²) in [5.41, 5.74) is 2.37. The molecule has 0 radical (unpaired) electrons. The fraction of sp³-hybridized carbons (Fsp3) is 0.467. The lowest BCUT2D eigenvalue weighted by molar-refractivity contribution is 0.231. The number of ether oxygens (including phenoxy) is 1. The smallest absolute Gasteiger partial charge is 0.123 e. The fourth-order valence-electron chi connectivity index (χ4n) is 2.81. The molecule has 0 amide bonds. The predicted octanol–water partition coefficient (Wildman–Crippen LogP) is 4.24. The van der Waals surface area contributed by atoms with Crippen molar-refractivity contribution in [2.24, 2.45) is 0 Å². The van der Waals surface area contributed by atoms with Crippen LogP contribution in [0, 0.1) is 5.82 Å². The van der Waals surface area contributed by atoms with Crippen molar-refractivity contribution >= 4 is 11.6 Å². The van der Waals surface area contributed by atoms with Crippen LogP contribution in [0.25, 0.3) is 0 Å². The van der Waals surface area contributed by atoms with Gasteiger partial charge in [0.05, 0.1) is 5.38 Å². The first-order valence-electron chi connectivity index (χ1n) is 6.49. The van der Waals surface area contributed by atoms with Crippen molar-refractivity contribution in [3.63, 3.8) is 0 Å².